The molecule has 1 aromatic rings. The van der Waals surface area contributed by atoms with Crippen LogP contribution < -0.4 is 5.32 Å². The summed E-state index contributed by atoms with van der Waals surface area (Å²) in [7, 11) is 0. The molecule has 4 heterocycles. The quantitative estimate of drug-likeness (QED) is 0.519. The third-order valence-corrected chi connectivity index (χ3v) is 8.17. The van der Waals surface area contributed by atoms with Crippen molar-refractivity contribution >= 4 is 33.8 Å². The van der Waals surface area contributed by atoms with E-state index in [1.54, 1.807) is 0 Å². The van der Waals surface area contributed by atoms with Gasteiger partial charge in [0.15, 0.2) is 0 Å². The van der Waals surface area contributed by atoms with Crippen LogP contribution >= 0.6 is 15.9 Å². The molecular formula is C28H39BrN4O2. The lowest BCUT2D eigenvalue weighted by Crippen LogP contribution is -2.40. The summed E-state index contributed by atoms with van der Waals surface area (Å²) in [6.45, 7) is 10.9. The molecule has 2 saturated heterocycles. The van der Waals surface area contributed by atoms with Crippen molar-refractivity contribution < 1.29 is 9.59 Å². The van der Waals surface area contributed by atoms with Gasteiger partial charge >= 0.3 is 0 Å². The molecule has 4 aliphatic rings. The molecule has 35 heavy (non-hydrogen) atoms. The number of fused-ring (bicyclic) bond motifs is 2. The maximum Gasteiger partial charge on any atom is 0.256 e. The number of H-pyrrole nitrogens is 1. The average Bonchev–Trinajstić information content (AvgIpc) is 3.20. The van der Waals surface area contributed by atoms with Gasteiger partial charge in [-0.2, -0.15) is 0 Å². The van der Waals surface area contributed by atoms with Crippen LogP contribution in [0.5, 0.6) is 0 Å². The maximum atomic E-state index is 13.5. The largest absolute Gasteiger partial charge is 0.358 e. The highest BCUT2D eigenvalue weighted by Crippen LogP contribution is 2.35. The van der Waals surface area contributed by atoms with Gasteiger partial charge < -0.3 is 20.1 Å². The Morgan fingerprint density at radius 1 is 1.09 bits per heavy atom. The minimum Gasteiger partial charge on any atom is -0.358 e. The van der Waals surface area contributed by atoms with E-state index in [0.29, 0.717) is 5.57 Å². The summed E-state index contributed by atoms with van der Waals surface area (Å²) < 4.78 is 0.959. The van der Waals surface area contributed by atoms with Crippen molar-refractivity contribution in [1.29, 1.82) is 0 Å². The van der Waals surface area contributed by atoms with Crippen LogP contribution in [0.1, 0.15) is 79.7 Å². The van der Waals surface area contributed by atoms with Crippen LogP contribution in [0, 0.1) is 6.92 Å². The van der Waals surface area contributed by atoms with Gasteiger partial charge in [-0.1, -0.05) is 48.4 Å². The highest BCUT2D eigenvalue weighted by molar-refractivity contribution is 9.11. The van der Waals surface area contributed by atoms with Gasteiger partial charge in [-0.3, -0.25) is 9.59 Å². The lowest BCUT2D eigenvalue weighted by atomic mass is 9.99. The van der Waals surface area contributed by atoms with E-state index in [9.17, 15) is 9.59 Å². The monoisotopic (exact) mass is 542 g/mol. The highest BCUT2D eigenvalue weighted by atomic mass is 79.9. The Labute approximate surface area is 218 Å². The molecule has 2 fully saturated rings. The van der Waals surface area contributed by atoms with Crippen LogP contribution in [-0.4, -0.2) is 65.4 Å². The highest BCUT2D eigenvalue weighted by Gasteiger charge is 2.35. The van der Waals surface area contributed by atoms with Gasteiger partial charge in [-0.05, 0) is 70.2 Å². The third kappa shape index (κ3) is 5.51. The fourth-order valence-electron chi connectivity index (χ4n) is 5.62. The molecule has 0 radical (unpaired) electrons. The second kappa shape index (κ2) is 11.7. The standard InChI is InChI=1S/C26H33BrN4O2.C2H6/c1-17-22(16-18-24-19(27)8-3-4-9-21(24)29-25(18)32)28-20-10-7-13-31(26(33)23(17)20)15-14-30-11-5-2-6-12-30;1-2/h3,8,16,21,28H,2,4-7,9-15H2,1H3,(H,29,32);1-2H3/b18-16-;. The van der Waals surface area contributed by atoms with Crippen molar-refractivity contribution in [2.75, 3.05) is 32.7 Å². The van der Waals surface area contributed by atoms with Crippen LogP contribution in [0.2, 0.25) is 0 Å². The van der Waals surface area contributed by atoms with E-state index in [-0.39, 0.29) is 17.9 Å². The summed E-state index contributed by atoms with van der Waals surface area (Å²) in [5.74, 6) is 0.0883. The summed E-state index contributed by atoms with van der Waals surface area (Å²) in [5.41, 5.74) is 5.35. The lowest BCUT2D eigenvalue weighted by Gasteiger charge is -2.29. The van der Waals surface area contributed by atoms with Gasteiger partial charge in [-0.25, -0.2) is 0 Å². The maximum absolute atomic E-state index is 13.5. The molecule has 6 nitrogen and oxygen atoms in total. The first-order valence-corrected chi connectivity index (χ1v) is 14.1. The number of hydrogen-bond donors (Lipinski definition) is 2. The molecule has 190 valence electrons. The molecule has 1 unspecified atom stereocenters. The summed E-state index contributed by atoms with van der Waals surface area (Å²) in [4.78, 5) is 34.4. The lowest BCUT2D eigenvalue weighted by molar-refractivity contribution is -0.116. The van der Waals surface area contributed by atoms with Gasteiger partial charge in [-0.15, -0.1) is 0 Å². The van der Waals surface area contributed by atoms with E-state index >= 15 is 0 Å². The van der Waals surface area contributed by atoms with Crippen molar-refractivity contribution in [1.82, 2.24) is 20.1 Å². The van der Waals surface area contributed by atoms with Crippen molar-refractivity contribution in [3.63, 3.8) is 0 Å². The smallest absolute Gasteiger partial charge is 0.256 e. The van der Waals surface area contributed by atoms with Crippen LogP contribution in [0.4, 0.5) is 0 Å². The van der Waals surface area contributed by atoms with Gasteiger partial charge in [0.2, 0.25) is 0 Å². The second-order valence-corrected chi connectivity index (χ2v) is 10.5. The van der Waals surface area contributed by atoms with Crippen LogP contribution in [-0.2, 0) is 11.2 Å². The molecule has 0 spiro atoms. The minimum atomic E-state index is -0.0408. The second-order valence-electron chi connectivity index (χ2n) is 9.64. The molecule has 0 saturated carbocycles. The number of carbonyl (C=O) groups is 2. The van der Waals surface area contributed by atoms with E-state index in [4.69, 9.17) is 0 Å². The van der Waals surface area contributed by atoms with E-state index in [1.165, 1.54) is 19.3 Å². The van der Waals surface area contributed by atoms with Gasteiger partial charge in [0.05, 0.1) is 11.6 Å². The molecule has 7 heteroatoms. The fraction of sp³-hybridized carbons (Fsp3) is 0.571. The molecule has 1 atom stereocenters. The van der Waals surface area contributed by atoms with Crippen LogP contribution in [0.15, 0.2) is 27.8 Å². The average molecular weight is 544 g/mol. The number of piperidine rings is 1. The SMILES string of the molecule is CC.Cc1c(/C=C2\C(=O)NC3CCC=CC(Br)=C23)[nH]c2c1C(=O)N(CCN1CCCCC1)CCC2. The van der Waals surface area contributed by atoms with Crippen LogP contribution in [0.25, 0.3) is 6.08 Å². The predicted molar refractivity (Wildman–Crippen MR) is 146 cm³/mol. The molecule has 2 amide bonds. The zero-order chi connectivity index (χ0) is 24.9. The van der Waals surface area contributed by atoms with E-state index in [1.807, 2.05) is 37.8 Å². The number of nitrogens with zero attached hydrogens (tertiary/aromatic N) is 2. The normalized spacial score (nSPS) is 23.9. The minimum absolute atomic E-state index is 0.0353. The number of nitrogens with one attached hydrogen (secondary N) is 2. The van der Waals surface area contributed by atoms with Gasteiger partial charge in [0.25, 0.3) is 11.8 Å². The Balaban J connectivity index is 0.00000141. The molecule has 1 aromatic heterocycles. The van der Waals surface area contributed by atoms with E-state index < -0.39 is 0 Å². The zero-order valence-corrected chi connectivity index (χ0v) is 23.0. The predicted octanol–water partition coefficient (Wildman–Crippen LogP) is 5.10. The van der Waals surface area contributed by atoms with Crippen molar-refractivity contribution in [2.45, 2.75) is 71.8 Å². The Hall–Kier alpha value is -2.12. The summed E-state index contributed by atoms with van der Waals surface area (Å²) >= 11 is 3.66. The molecule has 5 rings (SSSR count). The van der Waals surface area contributed by atoms with Crippen molar-refractivity contribution in [3.8, 4) is 0 Å². The van der Waals surface area contributed by atoms with Crippen molar-refractivity contribution in [3.05, 3.63) is 50.3 Å². The Morgan fingerprint density at radius 2 is 1.86 bits per heavy atom. The molecule has 0 bridgehead atoms. The number of carbonyl (C=O) groups excluding carboxylic acids is 2. The Bertz CT molecular complexity index is 1050. The van der Waals surface area contributed by atoms with E-state index in [2.05, 4.69) is 37.2 Å². The van der Waals surface area contributed by atoms with E-state index in [0.717, 1.165) is 91.0 Å². The zero-order valence-electron chi connectivity index (χ0n) is 21.4. The number of aromatic nitrogens is 1. The number of rotatable bonds is 4. The first-order chi connectivity index (χ1) is 17.0. The summed E-state index contributed by atoms with van der Waals surface area (Å²) in [6.07, 6.45) is 13.6. The molecule has 3 aliphatic heterocycles. The number of amides is 2. The number of likely N-dealkylation sites (tertiary alicyclic amines) is 1. The fourth-order valence-corrected chi connectivity index (χ4v) is 6.30. The Morgan fingerprint density at radius 3 is 2.63 bits per heavy atom. The molecule has 1 aliphatic carbocycles. The van der Waals surface area contributed by atoms with Gasteiger partial charge in [0, 0.05) is 46.7 Å². The number of aromatic amines is 1. The summed E-state index contributed by atoms with van der Waals surface area (Å²) in [6, 6.07) is 0.0353. The number of allylic oxidation sites excluding steroid dienone is 3. The number of hydrogen-bond acceptors (Lipinski definition) is 3. The van der Waals surface area contributed by atoms with Crippen LogP contribution in [0.3, 0.4) is 0 Å². The number of halogens is 1. The third-order valence-electron chi connectivity index (χ3n) is 7.48. The van der Waals surface area contributed by atoms with Crippen molar-refractivity contribution in [2.24, 2.45) is 0 Å². The first-order valence-electron chi connectivity index (χ1n) is 13.3. The number of aryl methyl sites for hydroxylation is 1. The first kappa shape index (κ1) is 26.0. The van der Waals surface area contributed by atoms with Gasteiger partial charge in [0.1, 0.15) is 0 Å². The molecular weight excluding hydrogens is 504 g/mol. The topological polar surface area (TPSA) is 68.4 Å². The Kier molecular flexibility index (Phi) is 8.71. The molecule has 2 N–H and O–H groups in total. The molecule has 0 aromatic carbocycles. The summed E-state index contributed by atoms with van der Waals surface area (Å²) in [5, 5.41) is 3.12.